The third-order valence-corrected chi connectivity index (χ3v) is 7.34. The lowest BCUT2D eigenvalue weighted by molar-refractivity contribution is 0.593. The lowest BCUT2D eigenvalue weighted by Crippen LogP contribution is -2.14. The molecule has 0 saturated carbocycles. The second-order valence-electron chi connectivity index (χ2n) is 4.73. The van der Waals surface area contributed by atoms with Gasteiger partial charge in [-0.05, 0) is 0 Å². The fourth-order valence-electron chi connectivity index (χ4n) is 1.95. The number of halogens is 3. The summed E-state index contributed by atoms with van der Waals surface area (Å²) in [5.41, 5.74) is 0. The Morgan fingerprint density at radius 3 is 1.71 bits per heavy atom. The minimum absolute atomic E-state index is 0. The van der Waals surface area contributed by atoms with Crippen molar-refractivity contribution in [2.24, 2.45) is 5.14 Å². The van der Waals surface area contributed by atoms with Crippen LogP contribution in [0.25, 0.3) is 9.92 Å². The molecular formula is C12H14Cl3N7O5S4. The zero-order chi connectivity index (χ0) is 22.0. The van der Waals surface area contributed by atoms with Gasteiger partial charge in [0.1, 0.15) is 0 Å². The summed E-state index contributed by atoms with van der Waals surface area (Å²) in [6.45, 7) is 1.43. The van der Waals surface area contributed by atoms with E-state index in [2.05, 4.69) is 9.97 Å². The maximum absolute atomic E-state index is 11.1. The van der Waals surface area contributed by atoms with Gasteiger partial charge in [0.25, 0.3) is 19.1 Å². The Hall–Kier alpha value is -1.52. The molecule has 4 heterocycles. The first-order valence-corrected chi connectivity index (χ1v) is 13.3. The highest BCUT2D eigenvalue weighted by Crippen LogP contribution is 2.27. The number of nitriles is 1. The fourth-order valence-corrected chi connectivity index (χ4v) is 6.45. The van der Waals surface area contributed by atoms with Gasteiger partial charge in [-0.1, -0.05) is 23.2 Å². The molecule has 12 nitrogen and oxygen atoms in total. The van der Waals surface area contributed by atoms with Crippen molar-refractivity contribution >= 4 is 85.6 Å². The number of hydrogen-bond donors (Lipinski definition) is 2. The summed E-state index contributed by atoms with van der Waals surface area (Å²) in [5.74, 6) is 0. The van der Waals surface area contributed by atoms with Crippen molar-refractivity contribution in [1.82, 2.24) is 24.9 Å². The number of sulfonamides is 1. The monoisotopic (exact) mass is 569 g/mol. The smallest absolute Gasteiger partial charge is 0.280 e. The summed E-state index contributed by atoms with van der Waals surface area (Å²) < 4.78 is 46.9. The summed E-state index contributed by atoms with van der Waals surface area (Å²) in [5, 5.41) is 15.2. The highest BCUT2D eigenvalue weighted by Gasteiger charge is 2.22. The standard InChI is InChI=1S/C5H2Cl2N2O2S2.C5H4ClN3O2S2.C2H3N.H3N.H2O/c2*6-3-4(13(7,10)11)9-1-2-12-5(9)8-3;1-2-3;;/h1-2H;1-2H,(H2,7,10,11);1H3;1H3;1H2. The van der Waals surface area contributed by atoms with Crippen molar-refractivity contribution in [2.75, 3.05) is 0 Å². The van der Waals surface area contributed by atoms with Crippen LogP contribution in [0.4, 0.5) is 0 Å². The second kappa shape index (κ2) is 11.4. The number of hydrogen-bond acceptors (Lipinski definition) is 10. The number of thiazole rings is 2. The number of imidazole rings is 2. The highest BCUT2D eigenvalue weighted by atomic mass is 35.7. The van der Waals surface area contributed by atoms with Gasteiger partial charge in [0.05, 0.1) is 6.07 Å². The molecule has 0 aliphatic rings. The summed E-state index contributed by atoms with van der Waals surface area (Å²) in [6.07, 6.45) is 3.10. The normalized spacial score (nSPS) is 10.7. The molecular weight excluding hydrogens is 557 g/mol. The maximum Gasteiger partial charge on any atom is 0.280 e. The van der Waals surface area contributed by atoms with Crippen LogP contribution in [0.5, 0.6) is 0 Å². The number of fused-ring (bicyclic) bond motifs is 2. The van der Waals surface area contributed by atoms with Crippen LogP contribution >= 0.6 is 56.6 Å². The molecule has 0 aliphatic heterocycles. The van der Waals surface area contributed by atoms with Gasteiger partial charge in [-0.15, -0.1) is 22.7 Å². The van der Waals surface area contributed by atoms with Crippen LogP contribution in [0.15, 0.2) is 33.2 Å². The number of nitrogens with two attached hydrogens (primary N) is 1. The molecule has 0 unspecified atom stereocenters. The van der Waals surface area contributed by atoms with Crippen LogP contribution < -0.4 is 11.3 Å². The van der Waals surface area contributed by atoms with Crippen LogP contribution in [0.1, 0.15) is 6.92 Å². The van der Waals surface area contributed by atoms with Crippen LogP contribution in [-0.4, -0.2) is 41.1 Å². The van der Waals surface area contributed by atoms with E-state index < -0.39 is 19.1 Å². The number of rotatable bonds is 2. The van der Waals surface area contributed by atoms with Crippen molar-refractivity contribution in [1.29, 1.82) is 5.26 Å². The van der Waals surface area contributed by atoms with Crippen molar-refractivity contribution < 1.29 is 22.3 Å². The third-order valence-electron chi connectivity index (χ3n) is 2.86. The Kier molecular flexibility index (Phi) is 10.8. The predicted molar refractivity (Wildman–Crippen MR) is 120 cm³/mol. The van der Waals surface area contributed by atoms with Crippen molar-refractivity contribution in [3.63, 3.8) is 0 Å². The Morgan fingerprint density at radius 2 is 1.35 bits per heavy atom. The van der Waals surface area contributed by atoms with Crippen LogP contribution in [0, 0.1) is 11.3 Å². The molecule has 7 N–H and O–H groups in total. The second-order valence-corrected chi connectivity index (χ2v) is 11.2. The van der Waals surface area contributed by atoms with Crippen LogP contribution in [0.3, 0.4) is 0 Å². The average molecular weight is 571 g/mol. The van der Waals surface area contributed by atoms with E-state index in [1.54, 1.807) is 29.2 Å². The number of aromatic nitrogens is 4. The van der Waals surface area contributed by atoms with Crippen molar-refractivity contribution in [3.05, 3.63) is 33.5 Å². The van der Waals surface area contributed by atoms with E-state index in [1.165, 1.54) is 38.4 Å². The van der Waals surface area contributed by atoms with E-state index >= 15 is 0 Å². The molecule has 31 heavy (non-hydrogen) atoms. The Balaban J connectivity index is 0.000000488. The molecule has 19 heteroatoms. The Morgan fingerprint density at radius 1 is 1.00 bits per heavy atom. The first-order chi connectivity index (χ1) is 13.4. The van der Waals surface area contributed by atoms with Crippen molar-refractivity contribution in [2.45, 2.75) is 17.0 Å². The van der Waals surface area contributed by atoms with E-state index in [4.69, 9.17) is 44.3 Å². The van der Waals surface area contributed by atoms with Gasteiger partial charge in [-0.25, -0.2) is 31.9 Å². The molecule has 0 radical (unpaired) electrons. The molecule has 4 aromatic rings. The molecule has 0 saturated heterocycles. The zero-order valence-electron chi connectivity index (χ0n) is 15.2. The summed E-state index contributed by atoms with van der Waals surface area (Å²) in [6, 6.07) is 1.75. The molecule has 0 aliphatic carbocycles. The molecule has 0 fully saturated rings. The molecule has 4 rings (SSSR count). The topological polar surface area (TPSA) is 219 Å². The quantitative estimate of drug-likeness (QED) is 0.340. The van der Waals surface area contributed by atoms with Gasteiger partial charge in [0.15, 0.2) is 30.3 Å². The van der Waals surface area contributed by atoms with Gasteiger partial charge in [0, 0.05) is 40.8 Å². The van der Waals surface area contributed by atoms with Gasteiger partial charge in [-0.3, -0.25) is 8.80 Å². The molecule has 0 bridgehead atoms. The van der Waals surface area contributed by atoms with Gasteiger partial charge in [-0.2, -0.15) is 5.26 Å². The minimum atomic E-state index is -3.84. The summed E-state index contributed by atoms with van der Waals surface area (Å²) in [4.78, 5) is 8.66. The molecule has 4 aromatic heterocycles. The predicted octanol–water partition coefficient (Wildman–Crippen LogP) is 2.54. The fraction of sp³-hybridized carbons (Fsp3) is 0.0833. The summed E-state index contributed by atoms with van der Waals surface area (Å²) >= 11 is 13.8. The molecule has 172 valence electrons. The van der Waals surface area contributed by atoms with Gasteiger partial charge in [0.2, 0.25) is 0 Å². The Labute approximate surface area is 198 Å². The van der Waals surface area contributed by atoms with Gasteiger partial charge < -0.3 is 11.6 Å². The van der Waals surface area contributed by atoms with E-state index in [9.17, 15) is 16.8 Å². The van der Waals surface area contributed by atoms with E-state index in [0.717, 1.165) is 0 Å². The maximum atomic E-state index is 11.1. The third kappa shape index (κ3) is 6.73. The van der Waals surface area contributed by atoms with Crippen LogP contribution in [-0.2, 0) is 19.1 Å². The largest absolute Gasteiger partial charge is 0.412 e. The molecule has 0 atom stereocenters. The van der Waals surface area contributed by atoms with Gasteiger partial charge >= 0.3 is 0 Å². The highest BCUT2D eigenvalue weighted by molar-refractivity contribution is 8.13. The molecule has 0 aromatic carbocycles. The summed E-state index contributed by atoms with van der Waals surface area (Å²) in [7, 11) is -2.48. The first-order valence-electron chi connectivity index (χ1n) is 6.92. The average Bonchev–Trinajstić information content (AvgIpc) is 3.26. The number of nitrogens with zero attached hydrogens (tertiary/aromatic N) is 5. The van der Waals surface area contributed by atoms with E-state index in [0.29, 0.717) is 9.92 Å². The van der Waals surface area contributed by atoms with E-state index in [-0.39, 0.29) is 32.0 Å². The number of primary sulfonamides is 1. The lowest BCUT2D eigenvalue weighted by Gasteiger charge is -1.94. The minimum Gasteiger partial charge on any atom is -0.412 e. The van der Waals surface area contributed by atoms with E-state index in [1.807, 2.05) is 0 Å². The lowest BCUT2D eigenvalue weighted by atomic mass is 10.9. The zero-order valence-corrected chi connectivity index (χ0v) is 20.8. The molecule has 0 amide bonds. The molecule has 0 spiro atoms. The first kappa shape index (κ1) is 29.5. The SMILES string of the molecule is CC#N.N.NS(=O)(=O)c1c(Cl)nc2sccn12.O.O=S(=O)(Cl)c1c(Cl)nc2sccn12. The van der Waals surface area contributed by atoms with Crippen LogP contribution in [0.2, 0.25) is 10.3 Å². The Bertz CT molecular complexity index is 1310. The van der Waals surface area contributed by atoms with Crippen molar-refractivity contribution in [3.8, 4) is 6.07 Å².